The van der Waals surface area contributed by atoms with Gasteiger partial charge in [0.2, 0.25) is 5.91 Å². The third-order valence-electron chi connectivity index (χ3n) is 4.47. The number of amides is 1. The molecule has 1 aromatic rings. The van der Waals surface area contributed by atoms with Gasteiger partial charge in [-0.1, -0.05) is 25.8 Å². The maximum atomic E-state index is 11.9. The topological polar surface area (TPSA) is 56.7 Å². The number of nitrogens with one attached hydrogen (secondary N) is 2. The van der Waals surface area contributed by atoms with Crippen molar-refractivity contribution in [1.29, 1.82) is 0 Å². The zero-order chi connectivity index (χ0) is 17.5. The quantitative estimate of drug-likeness (QED) is 0.386. The highest BCUT2D eigenvalue weighted by Crippen LogP contribution is 2.23. The van der Waals surface area contributed by atoms with Crippen molar-refractivity contribution in [3.05, 3.63) is 22.4 Å². The Morgan fingerprint density at radius 2 is 2.20 bits per heavy atom. The summed E-state index contributed by atoms with van der Waals surface area (Å²) in [5, 5.41) is 9.08. The van der Waals surface area contributed by atoms with E-state index >= 15 is 0 Å². The summed E-state index contributed by atoms with van der Waals surface area (Å²) in [4.78, 5) is 19.2. The number of halogens is 1. The summed E-state index contributed by atoms with van der Waals surface area (Å²) in [7, 11) is 3.52. The second-order valence-corrected chi connectivity index (χ2v) is 7.93. The summed E-state index contributed by atoms with van der Waals surface area (Å²) < 4.78 is 0. The molecule has 142 valence electrons. The molecule has 7 heteroatoms. The Labute approximate surface area is 172 Å². The van der Waals surface area contributed by atoms with Crippen LogP contribution in [0.4, 0.5) is 0 Å². The fourth-order valence-corrected chi connectivity index (χ4v) is 3.73. The van der Waals surface area contributed by atoms with Crippen LogP contribution in [-0.4, -0.2) is 43.4 Å². The molecule has 1 saturated carbocycles. The molecule has 0 spiro atoms. The van der Waals surface area contributed by atoms with Gasteiger partial charge in [-0.05, 0) is 37.1 Å². The third-order valence-corrected chi connectivity index (χ3v) is 5.53. The predicted molar refractivity (Wildman–Crippen MR) is 117 cm³/mol. The van der Waals surface area contributed by atoms with Gasteiger partial charge in [0.15, 0.2) is 5.96 Å². The number of nitrogens with zero attached hydrogens (tertiary/aromatic N) is 2. The van der Waals surface area contributed by atoms with E-state index in [1.54, 1.807) is 30.3 Å². The first-order chi connectivity index (χ1) is 11.5. The fraction of sp³-hybridized carbons (Fsp3) is 0.667. The predicted octanol–water partition coefficient (Wildman–Crippen LogP) is 3.63. The normalized spacial score (nSPS) is 21.8. The van der Waals surface area contributed by atoms with Gasteiger partial charge < -0.3 is 15.5 Å². The van der Waals surface area contributed by atoms with Crippen molar-refractivity contribution in [3.63, 3.8) is 0 Å². The van der Waals surface area contributed by atoms with Crippen molar-refractivity contribution in [2.75, 3.05) is 20.6 Å². The van der Waals surface area contributed by atoms with Gasteiger partial charge in [0.25, 0.3) is 0 Å². The fourth-order valence-electron chi connectivity index (χ4n) is 2.99. The van der Waals surface area contributed by atoms with E-state index in [4.69, 9.17) is 0 Å². The Morgan fingerprint density at radius 3 is 2.80 bits per heavy atom. The average molecular weight is 478 g/mol. The largest absolute Gasteiger partial charge is 0.354 e. The second-order valence-electron chi connectivity index (χ2n) is 6.95. The molecule has 1 aromatic heterocycles. The summed E-state index contributed by atoms with van der Waals surface area (Å²) in [5.74, 6) is 1.50. The summed E-state index contributed by atoms with van der Waals surface area (Å²) >= 11 is 1.73. The van der Waals surface area contributed by atoms with Gasteiger partial charge in [0, 0.05) is 25.0 Å². The molecule has 2 N–H and O–H groups in total. The molecule has 1 aliphatic rings. The Hall–Kier alpha value is -0.830. The monoisotopic (exact) mass is 478 g/mol. The Kier molecular flexibility index (Phi) is 9.78. The van der Waals surface area contributed by atoms with Crippen LogP contribution in [0.3, 0.4) is 0 Å². The van der Waals surface area contributed by atoms with Crippen molar-refractivity contribution in [3.8, 4) is 0 Å². The van der Waals surface area contributed by atoms with Crippen LogP contribution in [0.1, 0.15) is 50.4 Å². The van der Waals surface area contributed by atoms with E-state index in [1.165, 1.54) is 24.1 Å². The molecule has 5 nitrogen and oxygen atoms in total. The number of carbonyl (C=O) groups is 1. The van der Waals surface area contributed by atoms with E-state index < -0.39 is 0 Å². The second kappa shape index (κ2) is 11.0. The van der Waals surface area contributed by atoms with Crippen molar-refractivity contribution in [2.24, 2.45) is 10.9 Å². The molecule has 1 aliphatic carbocycles. The zero-order valence-corrected chi connectivity index (χ0v) is 18.8. The minimum atomic E-state index is 0. The summed E-state index contributed by atoms with van der Waals surface area (Å²) in [5.41, 5.74) is 0. The van der Waals surface area contributed by atoms with Gasteiger partial charge in [0.1, 0.15) is 6.54 Å². The van der Waals surface area contributed by atoms with Crippen molar-refractivity contribution < 1.29 is 4.79 Å². The Balaban J connectivity index is 0.00000312. The van der Waals surface area contributed by atoms with Crippen LogP contribution in [0, 0.1) is 5.92 Å². The SMILES string of the molecule is CC1CCCC(NC(=NCC(=O)N(C)C)NC(C)c2cccs2)C1.I. The number of rotatable bonds is 5. The first kappa shape index (κ1) is 22.2. The summed E-state index contributed by atoms with van der Waals surface area (Å²) in [6, 6.07) is 4.78. The molecule has 1 heterocycles. The lowest BCUT2D eigenvalue weighted by Gasteiger charge is -2.29. The first-order valence-electron chi connectivity index (χ1n) is 8.76. The van der Waals surface area contributed by atoms with Crippen molar-refractivity contribution in [2.45, 2.75) is 51.6 Å². The average Bonchev–Trinajstić information content (AvgIpc) is 3.06. The zero-order valence-electron chi connectivity index (χ0n) is 15.6. The maximum Gasteiger partial charge on any atom is 0.243 e. The standard InChI is InChI=1S/C18H30N4OS.HI/c1-13-7-5-8-15(11-13)21-18(19-12-17(23)22(3)4)20-14(2)16-9-6-10-24-16;/h6,9-10,13-15H,5,7-8,11-12H2,1-4H3,(H2,19,20,21);1H. The smallest absolute Gasteiger partial charge is 0.243 e. The van der Waals surface area contributed by atoms with Crippen molar-refractivity contribution >= 4 is 47.2 Å². The van der Waals surface area contributed by atoms with Crippen LogP contribution in [0.25, 0.3) is 0 Å². The Bertz CT molecular complexity index is 547. The van der Waals surface area contributed by atoms with Crippen LogP contribution in [0.2, 0.25) is 0 Å². The molecule has 3 atom stereocenters. The van der Waals surface area contributed by atoms with Crippen LogP contribution >= 0.6 is 35.3 Å². The van der Waals surface area contributed by atoms with Gasteiger partial charge in [-0.15, -0.1) is 35.3 Å². The number of thiophene rings is 1. The number of hydrogen-bond donors (Lipinski definition) is 2. The molecule has 0 bridgehead atoms. The lowest BCUT2D eigenvalue weighted by molar-refractivity contribution is -0.127. The van der Waals surface area contributed by atoms with Gasteiger partial charge in [-0.3, -0.25) is 4.79 Å². The third kappa shape index (κ3) is 7.52. The van der Waals surface area contributed by atoms with Gasteiger partial charge in [-0.2, -0.15) is 0 Å². The highest BCUT2D eigenvalue weighted by atomic mass is 127. The molecular formula is C18H31IN4OS. The van der Waals surface area contributed by atoms with Gasteiger partial charge >= 0.3 is 0 Å². The van der Waals surface area contributed by atoms with Crippen LogP contribution < -0.4 is 10.6 Å². The molecule has 0 aliphatic heterocycles. The van der Waals surface area contributed by atoms with Crippen LogP contribution in [0.15, 0.2) is 22.5 Å². The number of carbonyl (C=O) groups excluding carboxylic acids is 1. The van der Waals surface area contributed by atoms with Gasteiger partial charge in [0.05, 0.1) is 6.04 Å². The van der Waals surface area contributed by atoms with E-state index in [9.17, 15) is 4.79 Å². The van der Waals surface area contributed by atoms with Gasteiger partial charge in [-0.25, -0.2) is 4.99 Å². The highest BCUT2D eigenvalue weighted by molar-refractivity contribution is 14.0. The molecule has 0 aromatic carbocycles. The summed E-state index contributed by atoms with van der Waals surface area (Å²) in [6.07, 6.45) is 4.89. The first-order valence-corrected chi connectivity index (χ1v) is 9.64. The molecular weight excluding hydrogens is 447 g/mol. The molecule has 25 heavy (non-hydrogen) atoms. The van der Waals surface area contributed by atoms with E-state index in [0.29, 0.717) is 6.04 Å². The molecule has 3 unspecified atom stereocenters. The maximum absolute atomic E-state index is 11.9. The number of hydrogen-bond acceptors (Lipinski definition) is 3. The number of likely N-dealkylation sites (N-methyl/N-ethyl adjacent to an activating group) is 1. The minimum absolute atomic E-state index is 0. The highest BCUT2D eigenvalue weighted by Gasteiger charge is 2.20. The number of aliphatic imine (C=N–C) groups is 1. The Morgan fingerprint density at radius 1 is 1.44 bits per heavy atom. The molecule has 2 rings (SSSR count). The molecule has 0 radical (unpaired) electrons. The number of guanidine groups is 1. The van der Waals surface area contributed by atoms with Crippen LogP contribution in [-0.2, 0) is 4.79 Å². The summed E-state index contributed by atoms with van der Waals surface area (Å²) in [6.45, 7) is 4.60. The van der Waals surface area contributed by atoms with E-state index in [0.717, 1.165) is 18.3 Å². The van der Waals surface area contributed by atoms with E-state index in [2.05, 4.69) is 47.0 Å². The molecule has 1 fully saturated rings. The molecule has 1 amide bonds. The van der Waals surface area contributed by atoms with E-state index in [1.807, 2.05) is 0 Å². The molecule has 0 saturated heterocycles. The van der Waals surface area contributed by atoms with Crippen molar-refractivity contribution in [1.82, 2.24) is 15.5 Å². The van der Waals surface area contributed by atoms with E-state index in [-0.39, 0.29) is 42.5 Å². The lowest BCUT2D eigenvalue weighted by atomic mass is 9.87. The lowest BCUT2D eigenvalue weighted by Crippen LogP contribution is -2.46. The minimum Gasteiger partial charge on any atom is -0.354 e. The van der Waals surface area contributed by atoms with Crippen LogP contribution in [0.5, 0.6) is 0 Å².